The molecule has 0 atom stereocenters. The lowest BCUT2D eigenvalue weighted by atomic mass is 10.0. The third-order valence-electron chi connectivity index (χ3n) is 5.94. The van der Waals surface area contributed by atoms with E-state index in [9.17, 15) is 0 Å². The van der Waals surface area contributed by atoms with E-state index in [2.05, 4.69) is 67.8 Å². The molecule has 158 valence electrons. The van der Waals surface area contributed by atoms with E-state index in [4.69, 9.17) is 10.7 Å². The Kier molecular flexibility index (Phi) is 6.78. The number of aromatic amines is 1. The summed E-state index contributed by atoms with van der Waals surface area (Å²) in [6.45, 7) is 10.2. The van der Waals surface area contributed by atoms with Crippen LogP contribution in [-0.4, -0.2) is 39.0 Å². The Hall–Kier alpha value is -2.14. The highest BCUT2D eigenvalue weighted by Crippen LogP contribution is 2.28. The molecule has 0 saturated carbocycles. The van der Waals surface area contributed by atoms with Gasteiger partial charge in [0.2, 0.25) is 0 Å². The van der Waals surface area contributed by atoms with Gasteiger partial charge in [-0.2, -0.15) is 0 Å². The minimum Gasteiger partial charge on any atom is -0.382 e. The zero-order valence-electron chi connectivity index (χ0n) is 18.8. The molecule has 0 fully saturated rings. The molecule has 0 aliphatic rings. The number of hydrogen-bond acceptors (Lipinski definition) is 4. The van der Waals surface area contributed by atoms with Crippen molar-refractivity contribution in [1.82, 2.24) is 19.9 Å². The molecule has 5 nitrogen and oxygen atoms in total. The summed E-state index contributed by atoms with van der Waals surface area (Å²) in [5.41, 5.74) is 10.6. The van der Waals surface area contributed by atoms with Crippen molar-refractivity contribution in [3.8, 4) is 0 Å². The number of unbranched alkanes of at least 4 members (excludes halogenated alkanes) is 3. The van der Waals surface area contributed by atoms with Crippen LogP contribution in [-0.2, 0) is 12.8 Å². The van der Waals surface area contributed by atoms with Gasteiger partial charge in [-0.1, -0.05) is 25.8 Å². The maximum absolute atomic E-state index is 6.18. The molecule has 2 heterocycles. The second kappa shape index (κ2) is 9.12. The second-order valence-corrected chi connectivity index (χ2v) is 9.26. The molecule has 0 amide bonds. The van der Waals surface area contributed by atoms with E-state index in [1.807, 2.05) is 0 Å². The van der Waals surface area contributed by atoms with Crippen LogP contribution < -0.4 is 5.73 Å². The Labute approximate surface area is 175 Å². The smallest absolute Gasteiger partial charge is 0.150 e. The highest BCUT2D eigenvalue weighted by atomic mass is 15.1. The van der Waals surface area contributed by atoms with E-state index in [0.717, 1.165) is 60.0 Å². The van der Waals surface area contributed by atoms with Crippen LogP contribution in [0.25, 0.3) is 21.9 Å². The van der Waals surface area contributed by atoms with Gasteiger partial charge < -0.3 is 15.6 Å². The number of anilines is 1. The van der Waals surface area contributed by atoms with Crippen LogP contribution in [0.1, 0.15) is 71.2 Å². The first-order valence-electron chi connectivity index (χ1n) is 11.1. The van der Waals surface area contributed by atoms with Gasteiger partial charge in [0.1, 0.15) is 22.7 Å². The van der Waals surface area contributed by atoms with E-state index in [-0.39, 0.29) is 5.54 Å². The number of nitrogens with one attached hydrogen (secondary N) is 1. The van der Waals surface area contributed by atoms with Crippen LogP contribution in [0.4, 0.5) is 5.82 Å². The number of imidazole rings is 1. The highest BCUT2D eigenvalue weighted by Gasteiger charge is 2.16. The van der Waals surface area contributed by atoms with Crippen LogP contribution in [0.5, 0.6) is 0 Å². The molecule has 0 bridgehead atoms. The summed E-state index contributed by atoms with van der Waals surface area (Å²) in [7, 11) is 2.21. The summed E-state index contributed by atoms with van der Waals surface area (Å²) < 4.78 is 0. The number of hydrogen-bond donors (Lipinski definition) is 2. The number of nitrogens with zero attached hydrogens (tertiary/aromatic N) is 3. The Morgan fingerprint density at radius 2 is 1.83 bits per heavy atom. The molecule has 0 saturated heterocycles. The van der Waals surface area contributed by atoms with Crippen molar-refractivity contribution in [2.75, 3.05) is 19.3 Å². The molecule has 3 N–H and O–H groups in total. The summed E-state index contributed by atoms with van der Waals surface area (Å²) in [6.07, 6.45) is 8.02. The van der Waals surface area contributed by atoms with E-state index < -0.39 is 0 Å². The minimum absolute atomic E-state index is 0.248. The number of H-pyrrole nitrogens is 1. The third kappa shape index (κ3) is 5.27. The highest BCUT2D eigenvalue weighted by molar-refractivity contribution is 6.06. The number of aryl methyl sites for hydroxylation is 2. The molecule has 5 heteroatoms. The van der Waals surface area contributed by atoms with Crippen molar-refractivity contribution in [2.45, 2.75) is 78.2 Å². The average Bonchev–Trinajstić information content (AvgIpc) is 3.11. The summed E-state index contributed by atoms with van der Waals surface area (Å²) in [5.74, 6) is 1.55. The van der Waals surface area contributed by atoms with Crippen molar-refractivity contribution in [3.05, 3.63) is 29.6 Å². The number of benzene rings is 1. The summed E-state index contributed by atoms with van der Waals surface area (Å²) >= 11 is 0. The first-order chi connectivity index (χ1) is 13.8. The summed E-state index contributed by atoms with van der Waals surface area (Å²) in [5, 5.41) is 1.11. The molecular weight excluding hydrogens is 358 g/mol. The van der Waals surface area contributed by atoms with Crippen molar-refractivity contribution in [3.63, 3.8) is 0 Å². The van der Waals surface area contributed by atoms with Crippen molar-refractivity contribution in [1.29, 1.82) is 0 Å². The van der Waals surface area contributed by atoms with Crippen molar-refractivity contribution in [2.24, 2.45) is 0 Å². The predicted molar refractivity (Wildman–Crippen MR) is 124 cm³/mol. The zero-order chi connectivity index (χ0) is 21.0. The minimum atomic E-state index is 0.248. The number of fused-ring (bicyclic) bond motifs is 3. The first kappa shape index (κ1) is 21.6. The third-order valence-corrected chi connectivity index (χ3v) is 5.94. The first-order valence-corrected chi connectivity index (χ1v) is 11.1. The number of aromatic nitrogens is 3. The van der Waals surface area contributed by atoms with E-state index in [0.29, 0.717) is 5.82 Å². The predicted octanol–water partition coefficient (Wildman–Crippen LogP) is 5.48. The number of nitrogens with two attached hydrogens (primary N) is 1. The lowest BCUT2D eigenvalue weighted by Gasteiger charge is -2.31. The van der Waals surface area contributed by atoms with Gasteiger partial charge in [0.05, 0.1) is 5.52 Å². The molecule has 2 aromatic heterocycles. The second-order valence-electron chi connectivity index (χ2n) is 9.26. The zero-order valence-corrected chi connectivity index (χ0v) is 18.8. The standard InChI is InChI=1S/C24H37N5/c1-6-7-12-20-27-21-18-16-17(11-9-8-10-15-29(5)24(2,3)4)13-14-19(18)26-23(25)22(21)28-20/h13-14,16H,6-12,15H2,1-5H3,(H2,25,26)(H,27,28). The molecule has 0 unspecified atom stereocenters. The summed E-state index contributed by atoms with van der Waals surface area (Å²) in [6, 6.07) is 6.54. The number of nitrogen functional groups attached to an aromatic ring is 1. The van der Waals surface area contributed by atoms with Crippen LogP contribution in [0.15, 0.2) is 18.2 Å². The lowest BCUT2D eigenvalue weighted by Crippen LogP contribution is -2.38. The molecule has 3 aromatic rings. The molecule has 0 spiro atoms. The Morgan fingerprint density at radius 3 is 2.55 bits per heavy atom. The quantitative estimate of drug-likeness (QED) is 0.471. The maximum atomic E-state index is 6.18. The Bertz CT molecular complexity index is 951. The van der Waals surface area contributed by atoms with Gasteiger partial charge in [0, 0.05) is 17.3 Å². The molecular formula is C24H37N5. The average molecular weight is 396 g/mol. The molecule has 0 aliphatic carbocycles. The van der Waals surface area contributed by atoms with Gasteiger partial charge in [-0.15, -0.1) is 0 Å². The topological polar surface area (TPSA) is 70.8 Å². The molecule has 0 radical (unpaired) electrons. The largest absolute Gasteiger partial charge is 0.382 e. The van der Waals surface area contributed by atoms with Crippen LogP contribution >= 0.6 is 0 Å². The van der Waals surface area contributed by atoms with Crippen LogP contribution in [0.3, 0.4) is 0 Å². The fraction of sp³-hybridized carbons (Fsp3) is 0.583. The van der Waals surface area contributed by atoms with Gasteiger partial charge in [-0.3, -0.25) is 0 Å². The number of pyridine rings is 1. The van der Waals surface area contributed by atoms with E-state index in [1.54, 1.807) is 0 Å². The van der Waals surface area contributed by atoms with Gasteiger partial charge in [0.25, 0.3) is 0 Å². The van der Waals surface area contributed by atoms with Crippen LogP contribution in [0.2, 0.25) is 0 Å². The molecule has 3 rings (SSSR count). The van der Waals surface area contributed by atoms with Gasteiger partial charge >= 0.3 is 0 Å². The van der Waals surface area contributed by atoms with Crippen LogP contribution in [0, 0.1) is 0 Å². The normalized spacial score (nSPS) is 12.5. The van der Waals surface area contributed by atoms with E-state index in [1.165, 1.54) is 24.8 Å². The van der Waals surface area contributed by atoms with Gasteiger partial charge in [0.15, 0.2) is 0 Å². The van der Waals surface area contributed by atoms with Crippen molar-refractivity contribution < 1.29 is 0 Å². The molecule has 29 heavy (non-hydrogen) atoms. The van der Waals surface area contributed by atoms with Crippen molar-refractivity contribution >= 4 is 27.8 Å². The Morgan fingerprint density at radius 1 is 1.03 bits per heavy atom. The Balaban J connectivity index is 1.69. The van der Waals surface area contributed by atoms with Gasteiger partial charge in [-0.05, 0) is 77.7 Å². The molecule has 1 aromatic carbocycles. The fourth-order valence-corrected chi connectivity index (χ4v) is 3.67. The summed E-state index contributed by atoms with van der Waals surface area (Å²) in [4.78, 5) is 15.3. The SMILES string of the molecule is CCCCc1nc2c([nH]1)c(N)nc1ccc(CCCCCN(C)C(C)(C)C)cc12. The van der Waals surface area contributed by atoms with Gasteiger partial charge in [-0.25, -0.2) is 9.97 Å². The lowest BCUT2D eigenvalue weighted by molar-refractivity contribution is 0.172. The molecule has 0 aliphatic heterocycles. The monoisotopic (exact) mass is 395 g/mol. The fourth-order valence-electron chi connectivity index (χ4n) is 3.67. The maximum Gasteiger partial charge on any atom is 0.150 e. The number of rotatable bonds is 9. The van der Waals surface area contributed by atoms with E-state index >= 15 is 0 Å².